The van der Waals surface area contributed by atoms with Gasteiger partial charge in [-0.3, -0.25) is 14.2 Å². The molecule has 0 aliphatic carbocycles. The topological polar surface area (TPSA) is 55.2 Å². The number of likely N-dealkylation sites (N-methyl/N-ethyl adjacent to an activating group) is 1. The number of carbonyl (C=O) groups is 1. The summed E-state index contributed by atoms with van der Waals surface area (Å²) in [7, 11) is 1.70. The van der Waals surface area contributed by atoms with Crippen LogP contribution in [0, 0.1) is 5.82 Å². The zero-order chi connectivity index (χ0) is 19.6. The number of halogens is 1. The number of aryl methyl sites for hydroxylation is 1. The molecule has 2 heterocycles. The van der Waals surface area contributed by atoms with E-state index in [1.807, 2.05) is 19.9 Å². The summed E-state index contributed by atoms with van der Waals surface area (Å²) < 4.78 is 14.5. The van der Waals surface area contributed by atoms with Crippen molar-refractivity contribution in [1.29, 1.82) is 0 Å². The van der Waals surface area contributed by atoms with Crippen LogP contribution in [0.15, 0.2) is 41.5 Å². The number of nitrogens with zero attached hydrogens (tertiary/aromatic N) is 3. The number of benzene rings is 1. The molecule has 0 aliphatic rings. The minimum Gasteiger partial charge on any atom is -0.337 e. The van der Waals surface area contributed by atoms with Crippen LogP contribution in [0.1, 0.15) is 36.8 Å². The van der Waals surface area contributed by atoms with Gasteiger partial charge < -0.3 is 4.90 Å². The first-order valence-corrected chi connectivity index (χ1v) is 9.75. The third kappa shape index (κ3) is 3.93. The fraction of sp³-hybridized carbons (Fsp3) is 0.350. The Morgan fingerprint density at radius 3 is 2.63 bits per heavy atom. The Balaban J connectivity index is 1.83. The number of hydrogen-bond acceptors (Lipinski definition) is 4. The maximum Gasteiger partial charge on any atom is 0.262 e. The summed E-state index contributed by atoms with van der Waals surface area (Å²) in [6, 6.07) is 7.82. The fourth-order valence-corrected chi connectivity index (χ4v) is 4.07. The van der Waals surface area contributed by atoms with E-state index < -0.39 is 0 Å². The number of amides is 1. The zero-order valence-corrected chi connectivity index (χ0v) is 16.4. The normalized spacial score (nSPS) is 12.3. The van der Waals surface area contributed by atoms with Crippen molar-refractivity contribution in [1.82, 2.24) is 14.5 Å². The molecule has 3 aromatic rings. The van der Waals surface area contributed by atoms with Crippen LogP contribution in [-0.4, -0.2) is 27.4 Å². The van der Waals surface area contributed by atoms with Gasteiger partial charge in [0.15, 0.2) is 0 Å². The van der Waals surface area contributed by atoms with E-state index in [2.05, 4.69) is 4.98 Å². The molecule has 0 aliphatic heterocycles. The van der Waals surface area contributed by atoms with Gasteiger partial charge in [-0.25, -0.2) is 9.37 Å². The van der Waals surface area contributed by atoms with Gasteiger partial charge in [-0.1, -0.05) is 26.0 Å². The Hall–Kier alpha value is -2.54. The van der Waals surface area contributed by atoms with Crippen LogP contribution in [0.2, 0.25) is 0 Å². The van der Waals surface area contributed by atoms with E-state index in [4.69, 9.17) is 0 Å². The smallest absolute Gasteiger partial charge is 0.262 e. The molecule has 7 heteroatoms. The van der Waals surface area contributed by atoms with Crippen LogP contribution in [-0.2, 0) is 17.8 Å². The molecule has 1 amide bonds. The first-order chi connectivity index (χ1) is 12.9. The van der Waals surface area contributed by atoms with E-state index >= 15 is 0 Å². The van der Waals surface area contributed by atoms with Gasteiger partial charge in [0.25, 0.3) is 5.56 Å². The summed E-state index contributed by atoms with van der Waals surface area (Å²) >= 11 is 1.50. The van der Waals surface area contributed by atoms with Gasteiger partial charge in [-0.15, -0.1) is 11.3 Å². The van der Waals surface area contributed by atoms with Crippen LogP contribution in [0.5, 0.6) is 0 Å². The Bertz CT molecular complexity index is 1010. The van der Waals surface area contributed by atoms with E-state index in [9.17, 15) is 14.0 Å². The fourth-order valence-electron chi connectivity index (χ4n) is 3.15. The molecule has 2 aromatic heterocycles. The summed E-state index contributed by atoms with van der Waals surface area (Å²) in [6.45, 7) is 3.92. The molecule has 0 saturated heterocycles. The lowest BCUT2D eigenvalue weighted by Crippen LogP contribution is -2.36. The molecule has 1 atom stereocenters. The average molecular weight is 387 g/mol. The summed E-state index contributed by atoms with van der Waals surface area (Å²) in [5.41, 5.74) is 0.661. The van der Waals surface area contributed by atoms with Gasteiger partial charge in [-0.05, 0) is 36.6 Å². The molecule has 5 nitrogen and oxygen atoms in total. The Morgan fingerprint density at radius 2 is 2.00 bits per heavy atom. The number of aromatic nitrogens is 2. The SMILES string of the molecule is CCc1cc2c(=O)n(CC(=O)N(C)[C@H](CC)c3ccc(F)cc3)cnc2s1. The first-order valence-electron chi connectivity index (χ1n) is 8.93. The highest BCUT2D eigenvalue weighted by atomic mass is 32.1. The molecule has 0 N–H and O–H groups in total. The molecule has 0 saturated carbocycles. The number of hydrogen-bond donors (Lipinski definition) is 0. The quantitative estimate of drug-likeness (QED) is 0.647. The summed E-state index contributed by atoms with van der Waals surface area (Å²) in [4.78, 5) is 33.2. The minimum absolute atomic E-state index is 0.0761. The number of fused-ring (bicyclic) bond motifs is 1. The standard InChI is InChI=1S/C20H22FN3O2S/c1-4-15-10-16-19(27-15)22-12-24(20(16)26)11-18(25)23(3)17(5-2)13-6-8-14(21)9-7-13/h6-10,12,17H,4-5,11H2,1-3H3/t17-/m1/s1. The van der Waals surface area contributed by atoms with Gasteiger partial charge in [0.2, 0.25) is 5.91 Å². The van der Waals surface area contributed by atoms with Gasteiger partial charge in [-0.2, -0.15) is 0 Å². The number of thiophene rings is 1. The predicted octanol–water partition coefficient (Wildman–Crippen LogP) is 3.77. The Labute approximate surface area is 161 Å². The molecule has 27 heavy (non-hydrogen) atoms. The van der Waals surface area contributed by atoms with Crippen LogP contribution in [0.4, 0.5) is 4.39 Å². The largest absolute Gasteiger partial charge is 0.337 e. The third-order valence-electron chi connectivity index (χ3n) is 4.73. The predicted molar refractivity (Wildman–Crippen MR) is 105 cm³/mol. The third-order valence-corrected chi connectivity index (χ3v) is 5.91. The van der Waals surface area contributed by atoms with Crippen molar-refractivity contribution in [2.75, 3.05) is 7.05 Å². The minimum atomic E-state index is -0.310. The van der Waals surface area contributed by atoms with Crippen LogP contribution in [0.25, 0.3) is 10.2 Å². The molecule has 0 bridgehead atoms. The molecule has 3 rings (SSSR count). The van der Waals surface area contributed by atoms with Crippen molar-refractivity contribution in [3.05, 3.63) is 63.3 Å². The molecule has 0 unspecified atom stereocenters. The summed E-state index contributed by atoms with van der Waals surface area (Å²) in [5.74, 6) is -0.504. The molecule has 0 radical (unpaired) electrons. The van der Waals surface area contributed by atoms with E-state index in [1.54, 1.807) is 24.1 Å². The maximum atomic E-state index is 13.2. The highest BCUT2D eigenvalue weighted by Gasteiger charge is 2.21. The van der Waals surface area contributed by atoms with E-state index in [-0.39, 0.29) is 29.9 Å². The second-order valence-corrected chi connectivity index (χ2v) is 7.56. The van der Waals surface area contributed by atoms with Crippen molar-refractivity contribution in [3.8, 4) is 0 Å². The lowest BCUT2D eigenvalue weighted by molar-refractivity contribution is -0.132. The van der Waals surface area contributed by atoms with E-state index in [0.717, 1.165) is 16.9 Å². The molecule has 0 fully saturated rings. The van der Waals surface area contributed by atoms with Crippen molar-refractivity contribution in [2.24, 2.45) is 0 Å². The van der Waals surface area contributed by atoms with Crippen LogP contribution >= 0.6 is 11.3 Å². The van der Waals surface area contributed by atoms with Crippen molar-refractivity contribution in [2.45, 2.75) is 39.3 Å². The first kappa shape index (κ1) is 19.2. The highest BCUT2D eigenvalue weighted by molar-refractivity contribution is 7.18. The second kappa shape index (κ2) is 8.00. The van der Waals surface area contributed by atoms with E-state index in [0.29, 0.717) is 16.6 Å². The molecule has 0 spiro atoms. The summed E-state index contributed by atoms with van der Waals surface area (Å²) in [6.07, 6.45) is 2.97. The second-order valence-electron chi connectivity index (χ2n) is 6.44. The summed E-state index contributed by atoms with van der Waals surface area (Å²) in [5, 5.41) is 0.556. The lowest BCUT2D eigenvalue weighted by Gasteiger charge is -2.28. The van der Waals surface area contributed by atoms with Crippen molar-refractivity contribution in [3.63, 3.8) is 0 Å². The maximum absolute atomic E-state index is 13.2. The molecular weight excluding hydrogens is 365 g/mol. The van der Waals surface area contributed by atoms with Crippen molar-refractivity contribution >= 4 is 27.5 Å². The van der Waals surface area contributed by atoms with Crippen molar-refractivity contribution < 1.29 is 9.18 Å². The van der Waals surface area contributed by atoms with Gasteiger partial charge in [0, 0.05) is 11.9 Å². The molecular formula is C20H22FN3O2S. The van der Waals surface area contributed by atoms with Gasteiger partial charge >= 0.3 is 0 Å². The molecule has 142 valence electrons. The molecule has 1 aromatic carbocycles. The van der Waals surface area contributed by atoms with E-state index in [1.165, 1.54) is 34.4 Å². The monoisotopic (exact) mass is 387 g/mol. The average Bonchev–Trinajstić information content (AvgIpc) is 3.10. The lowest BCUT2D eigenvalue weighted by atomic mass is 10.0. The number of carbonyl (C=O) groups excluding carboxylic acids is 1. The zero-order valence-electron chi connectivity index (χ0n) is 15.6. The Morgan fingerprint density at radius 1 is 1.30 bits per heavy atom. The van der Waals surface area contributed by atoms with Gasteiger partial charge in [0.05, 0.1) is 17.8 Å². The number of rotatable bonds is 6. The highest BCUT2D eigenvalue weighted by Crippen LogP contribution is 2.24. The van der Waals surface area contributed by atoms with Gasteiger partial charge in [0.1, 0.15) is 17.2 Å². The van der Waals surface area contributed by atoms with Crippen LogP contribution < -0.4 is 5.56 Å². The Kier molecular flexibility index (Phi) is 5.70. The van der Waals surface area contributed by atoms with Crippen LogP contribution in [0.3, 0.4) is 0 Å².